The van der Waals surface area contributed by atoms with Crippen LogP contribution in [0.25, 0.3) is 0 Å². The SMILES string of the molecule is C#C.C=C(C)S(=O)ON1CCC(N2C(=O)OCc3cc(C)ccc32)CC1.C=CC.CF. The van der Waals surface area contributed by atoms with E-state index in [0.29, 0.717) is 31.8 Å². The van der Waals surface area contributed by atoms with Gasteiger partial charge in [0, 0.05) is 29.6 Å². The summed E-state index contributed by atoms with van der Waals surface area (Å²) < 4.78 is 31.9. The Bertz CT molecular complexity index is 774. The van der Waals surface area contributed by atoms with E-state index >= 15 is 0 Å². The molecular weight excluding hydrogens is 419 g/mol. The molecule has 0 N–H and O–H groups in total. The summed E-state index contributed by atoms with van der Waals surface area (Å²) in [5.41, 5.74) is 3.12. The number of fused-ring (bicyclic) bond motifs is 1. The lowest BCUT2D eigenvalue weighted by Gasteiger charge is -2.39. The van der Waals surface area contributed by atoms with Gasteiger partial charge in [0.25, 0.3) is 0 Å². The van der Waals surface area contributed by atoms with E-state index in [1.807, 2.05) is 26.0 Å². The Labute approximate surface area is 188 Å². The molecule has 6 nitrogen and oxygen atoms in total. The summed E-state index contributed by atoms with van der Waals surface area (Å²) in [6.07, 6.45) is 10.9. The van der Waals surface area contributed by atoms with Gasteiger partial charge in [-0.1, -0.05) is 30.4 Å². The van der Waals surface area contributed by atoms with Crippen LogP contribution < -0.4 is 4.90 Å². The summed E-state index contributed by atoms with van der Waals surface area (Å²) in [6, 6.07) is 6.11. The number of hydrogen-bond donors (Lipinski definition) is 0. The van der Waals surface area contributed by atoms with Crippen molar-refractivity contribution in [2.45, 2.75) is 46.3 Å². The van der Waals surface area contributed by atoms with Crippen LogP contribution in [0.2, 0.25) is 0 Å². The van der Waals surface area contributed by atoms with Crippen molar-refractivity contribution in [3.8, 4) is 12.8 Å². The first kappa shape index (κ1) is 28.5. The smallest absolute Gasteiger partial charge is 0.414 e. The van der Waals surface area contributed by atoms with E-state index in [2.05, 4.69) is 32.1 Å². The van der Waals surface area contributed by atoms with Crippen molar-refractivity contribution in [2.24, 2.45) is 0 Å². The third kappa shape index (κ3) is 8.66. The molecule has 0 aromatic heterocycles. The molecule has 1 fully saturated rings. The fraction of sp³-hybridized carbons (Fsp3) is 0.435. The van der Waals surface area contributed by atoms with Crippen molar-refractivity contribution in [1.82, 2.24) is 5.06 Å². The molecule has 2 heterocycles. The number of piperidine rings is 1. The average Bonchev–Trinajstić information content (AvgIpc) is 2.78. The largest absolute Gasteiger partial charge is 0.444 e. The maximum atomic E-state index is 12.3. The highest BCUT2D eigenvalue weighted by Gasteiger charge is 2.34. The van der Waals surface area contributed by atoms with Gasteiger partial charge in [0.05, 0.1) is 12.9 Å². The number of aryl methyl sites for hydroxylation is 1. The second-order valence-electron chi connectivity index (χ2n) is 6.64. The number of alkyl halides is 1. The number of halogens is 1. The van der Waals surface area contributed by atoms with Gasteiger partial charge in [-0.15, -0.1) is 19.4 Å². The van der Waals surface area contributed by atoms with Gasteiger partial charge in [0.2, 0.25) is 11.1 Å². The first-order valence-electron chi connectivity index (χ1n) is 9.71. The van der Waals surface area contributed by atoms with Crippen LogP contribution in [-0.4, -0.2) is 41.7 Å². The number of carbonyl (C=O) groups excluding carboxylic acids is 1. The third-order valence-corrected chi connectivity index (χ3v) is 5.20. The molecular formula is C23H33FN2O4S. The minimum Gasteiger partial charge on any atom is -0.444 e. The fourth-order valence-corrected chi connectivity index (χ4v) is 3.52. The van der Waals surface area contributed by atoms with Gasteiger partial charge in [-0.05, 0) is 39.7 Å². The Hall–Kier alpha value is -2.47. The van der Waals surface area contributed by atoms with E-state index in [1.165, 1.54) is 0 Å². The zero-order valence-electron chi connectivity index (χ0n) is 18.8. The van der Waals surface area contributed by atoms with E-state index < -0.39 is 11.1 Å². The van der Waals surface area contributed by atoms with E-state index in [-0.39, 0.29) is 12.1 Å². The second kappa shape index (κ2) is 15.3. The van der Waals surface area contributed by atoms with E-state index in [4.69, 9.17) is 9.02 Å². The Morgan fingerprint density at radius 1 is 1.32 bits per heavy atom. The number of carbonyl (C=O) groups is 1. The van der Waals surface area contributed by atoms with Gasteiger partial charge in [-0.25, -0.2) is 9.00 Å². The number of terminal acetylenes is 1. The average molecular weight is 453 g/mol. The number of rotatable bonds is 4. The molecule has 1 unspecified atom stereocenters. The van der Waals surface area contributed by atoms with Crippen LogP contribution in [0, 0.1) is 19.8 Å². The summed E-state index contributed by atoms with van der Waals surface area (Å²) >= 11 is -1.50. The lowest BCUT2D eigenvalue weighted by molar-refractivity contribution is -0.0621. The maximum Gasteiger partial charge on any atom is 0.414 e. The molecule has 0 aliphatic carbocycles. The number of hydrogen-bond acceptors (Lipinski definition) is 5. The standard InChI is InChI=1S/C17H22N2O4S.C3H6.C2H2.CH3F/c1-12(2)24(21)23-18-8-6-15(7-9-18)19-16-5-4-13(3)10-14(16)11-22-17(19)20;1-3-2;2*1-2/h4-5,10,15H,1,6-9,11H2,2-3H3;3H,1H2,2H3;1-2H;1H3. The van der Waals surface area contributed by atoms with Crippen LogP contribution in [0.3, 0.4) is 0 Å². The van der Waals surface area contributed by atoms with Crippen LogP contribution in [0.15, 0.2) is 42.3 Å². The highest BCUT2D eigenvalue weighted by Crippen LogP contribution is 2.32. The topological polar surface area (TPSA) is 59.1 Å². The van der Waals surface area contributed by atoms with Crippen LogP contribution in [0.1, 0.15) is 37.8 Å². The Kier molecular flexibility index (Phi) is 14.1. The Morgan fingerprint density at radius 2 is 1.87 bits per heavy atom. The number of nitrogens with zero attached hydrogens (tertiary/aromatic N) is 2. The predicted molar refractivity (Wildman–Crippen MR) is 125 cm³/mol. The maximum absolute atomic E-state index is 12.3. The molecule has 8 heteroatoms. The fourth-order valence-electron chi connectivity index (χ4n) is 3.05. The summed E-state index contributed by atoms with van der Waals surface area (Å²) in [7, 11) is 0.500. The quantitative estimate of drug-likeness (QED) is 0.471. The van der Waals surface area contributed by atoms with Crippen LogP contribution in [-0.2, 0) is 26.7 Å². The Morgan fingerprint density at radius 3 is 2.39 bits per heavy atom. The molecule has 2 aliphatic heterocycles. The van der Waals surface area contributed by atoms with Crippen LogP contribution in [0.4, 0.5) is 14.9 Å². The van der Waals surface area contributed by atoms with Gasteiger partial charge < -0.3 is 4.74 Å². The Balaban J connectivity index is 0.00000116. The van der Waals surface area contributed by atoms with Crippen molar-refractivity contribution in [3.05, 3.63) is 53.5 Å². The highest BCUT2D eigenvalue weighted by molar-refractivity contribution is 7.84. The van der Waals surface area contributed by atoms with Crippen LogP contribution in [0.5, 0.6) is 0 Å². The number of allylic oxidation sites excluding steroid dienone is 2. The molecule has 1 saturated heterocycles. The summed E-state index contributed by atoms with van der Waals surface area (Å²) in [5.74, 6) is 0. The normalized spacial score (nSPS) is 16.5. The molecule has 31 heavy (non-hydrogen) atoms. The number of benzene rings is 1. The second-order valence-corrected chi connectivity index (χ2v) is 7.95. The highest BCUT2D eigenvalue weighted by atomic mass is 32.2. The predicted octanol–water partition coefficient (Wildman–Crippen LogP) is 5.07. The van der Waals surface area contributed by atoms with Crippen molar-refractivity contribution >= 4 is 22.9 Å². The molecule has 1 amide bonds. The lowest BCUT2D eigenvalue weighted by Crippen LogP contribution is -2.49. The molecule has 172 valence electrons. The molecule has 2 aliphatic rings. The summed E-state index contributed by atoms with van der Waals surface area (Å²) in [5, 5.41) is 1.69. The molecule has 0 spiro atoms. The van der Waals surface area contributed by atoms with E-state index in [9.17, 15) is 13.4 Å². The molecule has 3 rings (SSSR count). The molecule has 1 aromatic rings. The lowest BCUT2D eigenvalue weighted by atomic mass is 10.0. The number of hydroxylamine groups is 2. The number of cyclic esters (lactones) is 1. The van der Waals surface area contributed by atoms with Crippen molar-refractivity contribution in [3.63, 3.8) is 0 Å². The minimum absolute atomic E-state index is 0.0531. The molecule has 0 saturated carbocycles. The van der Waals surface area contributed by atoms with Crippen molar-refractivity contribution in [2.75, 3.05) is 25.2 Å². The van der Waals surface area contributed by atoms with E-state index in [1.54, 1.807) is 23.0 Å². The summed E-state index contributed by atoms with van der Waals surface area (Å²) in [4.78, 5) is 14.5. The number of ether oxygens (including phenoxy) is 1. The number of amides is 1. The number of anilines is 1. The minimum atomic E-state index is -1.50. The molecule has 0 radical (unpaired) electrons. The first-order valence-corrected chi connectivity index (χ1v) is 10.8. The monoisotopic (exact) mass is 452 g/mol. The van der Waals surface area contributed by atoms with Crippen LogP contribution >= 0.6 is 0 Å². The third-order valence-electron chi connectivity index (χ3n) is 4.29. The zero-order chi connectivity index (χ0) is 24.0. The van der Waals surface area contributed by atoms with Gasteiger partial charge in [-0.2, -0.15) is 9.35 Å². The zero-order valence-corrected chi connectivity index (χ0v) is 19.6. The summed E-state index contributed by atoms with van der Waals surface area (Å²) in [6.45, 7) is 14.1. The molecule has 1 atom stereocenters. The van der Waals surface area contributed by atoms with Gasteiger partial charge in [0.1, 0.15) is 6.61 Å². The van der Waals surface area contributed by atoms with Gasteiger partial charge in [-0.3, -0.25) is 9.29 Å². The molecule has 1 aromatic carbocycles. The van der Waals surface area contributed by atoms with Crippen molar-refractivity contribution in [1.29, 1.82) is 0 Å². The van der Waals surface area contributed by atoms with Gasteiger partial charge in [0.15, 0.2) is 0 Å². The van der Waals surface area contributed by atoms with E-state index in [0.717, 1.165) is 29.7 Å². The molecule has 0 bridgehead atoms. The first-order chi connectivity index (χ1) is 14.9. The van der Waals surface area contributed by atoms with Gasteiger partial charge >= 0.3 is 6.09 Å². The van der Waals surface area contributed by atoms with Crippen molar-refractivity contribution < 1.29 is 22.4 Å².